The minimum Gasteiger partial charge on any atom is -0.370 e. The van der Waals surface area contributed by atoms with Crippen LogP contribution in [0.1, 0.15) is 24.5 Å². The maximum atomic E-state index is 13.0. The highest BCUT2D eigenvalue weighted by atomic mass is 19.1. The van der Waals surface area contributed by atoms with Crippen molar-refractivity contribution >= 4 is 11.9 Å². The number of rotatable bonds is 6. The highest BCUT2D eigenvalue weighted by molar-refractivity contribution is 5.76. The van der Waals surface area contributed by atoms with E-state index in [1.54, 1.807) is 30.6 Å². The van der Waals surface area contributed by atoms with Gasteiger partial charge in [0.2, 0.25) is 11.9 Å². The van der Waals surface area contributed by atoms with Crippen LogP contribution in [0.5, 0.6) is 0 Å². The summed E-state index contributed by atoms with van der Waals surface area (Å²) < 4.78 is 18.8. The van der Waals surface area contributed by atoms with Crippen molar-refractivity contribution in [2.75, 3.05) is 31.6 Å². The van der Waals surface area contributed by atoms with Gasteiger partial charge in [-0.2, -0.15) is 0 Å². The van der Waals surface area contributed by atoms with Crippen LogP contribution in [-0.4, -0.2) is 47.0 Å². The lowest BCUT2D eigenvalue weighted by molar-refractivity contribution is -0.139. The van der Waals surface area contributed by atoms with Gasteiger partial charge in [-0.1, -0.05) is 12.1 Å². The number of carbonyl (C=O) groups excluding carboxylic acids is 1. The maximum Gasteiger partial charge on any atom is 0.222 e. The molecule has 1 saturated heterocycles. The van der Waals surface area contributed by atoms with E-state index in [-0.39, 0.29) is 17.8 Å². The van der Waals surface area contributed by atoms with E-state index in [1.807, 2.05) is 4.90 Å². The average Bonchev–Trinajstić information content (AvgIpc) is 2.66. The summed E-state index contributed by atoms with van der Waals surface area (Å²) in [4.78, 5) is 22.4. The Hall–Kier alpha value is -2.54. The second-order valence-corrected chi connectivity index (χ2v) is 5.85. The van der Waals surface area contributed by atoms with Crippen LogP contribution in [0.15, 0.2) is 42.7 Å². The normalized spacial score (nSPS) is 17.3. The first-order valence-corrected chi connectivity index (χ1v) is 8.38. The van der Waals surface area contributed by atoms with Gasteiger partial charge in [-0.25, -0.2) is 14.4 Å². The second kappa shape index (κ2) is 8.53. The number of ether oxygens (including phenoxy) is 1. The molecule has 2 heterocycles. The molecule has 6 nitrogen and oxygen atoms in total. The zero-order valence-electron chi connectivity index (χ0n) is 13.9. The van der Waals surface area contributed by atoms with Gasteiger partial charge in [0.05, 0.1) is 13.2 Å². The van der Waals surface area contributed by atoms with Gasteiger partial charge >= 0.3 is 0 Å². The Morgan fingerprint density at radius 2 is 2.04 bits per heavy atom. The summed E-state index contributed by atoms with van der Waals surface area (Å²) in [6, 6.07) is 7.99. The van der Waals surface area contributed by atoms with E-state index in [9.17, 15) is 9.18 Å². The first-order valence-electron chi connectivity index (χ1n) is 8.38. The molecule has 0 spiro atoms. The van der Waals surface area contributed by atoms with Gasteiger partial charge < -0.3 is 15.0 Å². The van der Waals surface area contributed by atoms with Gasteiger partial charge in [0.1, 0.15) is 11.9 Å². The van der Waals surface area contributed by atoms with Crippen molar-refractivity contribution in [2.24, 2.45) is 0 Å². The lowest BCUT2D eigenvalue weighted by atomic mass is 10.1. The minimum atomic E-state index is -0.276. The standard InChI is InChI=1S/C18H21FN4O2/c19-15-6-4-14(5-7-15)16-13-23(11-12-25-16)17(24)3-1-8-20-18-21-9-2-10-22-18/h2,4-7,9-10,16H,1,3,8,11-13H2,(H,20,21,22). The monoisotopic (exact) mass is 344 g/mol. The van der Waals surface area contributed by atoms with Crippen LogP contribution in [0.3, 0.4) is 0 Å². The van der Waals surface area contributed by atoms with Gasteiger partial charge in [-0.05, 0) is 30.2 Å². The first-order chi connectivity index (χ1) is 12.2. The van der Waals surface area contributed by atoms with Crippen LogP contribution >= 0.6 is 0 Å². The summed E-state index contributed by atoms with van der Waals surface area (Å²) in [5.41, 5.74) is 0.891. The molecule has 1 amide bonds. The molecule has 1 atom stereocenters. The Balaban J connectivity index is 1.44. The number of amides is 1. The van der Waals surface area contributed by atoms with Gasteiger partial charge in [0.25, 0.3) is 0 Å². The summed E-state index contributed by atoms with van der Waals surface area (Å²) in [5, 5.41) is 3.09. The molecule has 1 aromatic carbocycles. The maximum absolute atomic E-state index is 13.0. The van der Waals surface area contributed by atoms with Crippen LogP contribution in [0.2, 0.25) is 0 Å². The zero-order chi connectivity index (χ0) is 17.5. The Morgan fingerprint density at radius 3 is 2.80 bits per heavy atom. The van der Waals surface area contributed by atoms with Crippen molar-refractivity contribution in [1.29, 1.82) is 0 Å². The van der Waals surface area contributed by atoms with Crippen LogP contribution in [0.25, 0.3) is 0 Å². The van der Waals surface area contributed by atoms with Crippen LogP contribution in [0.4, 0.5) is 10.3 Å². The molecular formula is C18H21FN4O2. The summed E-state index contributed by atoms with van der Waals surface area (Å²) in [6.45, 7) is 2.22. The van der Waals surface area contributed by atoms with Crippen molar-refractivity contribution in [1.82, 2.24) is 14.9 Å². The van der Waals surface area contributed by atoms with E-state index in [4.69, 9.17) is 4.74 Å². The summed E-state index contributed by atoms with van der Waals surface area (Å²) in [7, 11) is 0. The van der Waals surface area contributed by atoms with Gasteiger partial charge in [-0.15, -0.1) is 0 Å². The van der Waals surface area contributed by atoms with Crippen LogP contribution < -0.4 is 5.32 Å². The largest absolute Gasteiger partial charge is 0.370 e. The number of hydrogen-bond donors (Lipinski definition) is 1. The van der Waals surface area contributed by atoms with Crippen molar-refractivity contribution in [3.63, 3.8) is 0 Å². The number of halogens is 1. The number of anilines is 1. The first kappa shape index (κ1) is 17.3. The Labute approximate surface area is 146 Å². The number of benzene rings is 1. The molecule has 3 rings (SSSR count). The molecule has 1 aliphatic heterocycles. The van der Waals surface area contributed by atoms with Crippen LogP contribution in [0, 0.1) is 5.82 Å². The molecule has 7 heteroatoms. The molecule has 1 unspecified atom stereocenters. The highest BCUT2D eigenvalue weighted by Crippen LogP contribution is 2.23. The molecule has 0 aliphatic carbocycles. The number of aromatic nitrogens is 2. The highest BCUT2D eigenvalue weighted by Gasteiger charge is 2.25. The van der Waals surface area contributed by atoms with E-state index in [0.29, 0.717) is 45.0 Å². The molecule has 0 saturated carbocycles. The second-order valence-electron chi connectivity index (χ2n) is 5.85. The van der Waals surface area contributed by atoms with Crippen molar-refractivity contribution in [2.45, 2.75) is 18.9 Å². The number of carbonyl (C=O) groups is 1. The Bertz CT molecular complexity index is 681. The molecule has 1 fully saturated rings. The molecule has 0 radical (unpaired) electrons. The molecule has 1 aliphatic rings. The quantitative estimate of drug-likeness (QED) is 0.815. The molecule has 132 valence electrons. The van der Waals surface area contributed by atoms with Crippen molar-refractivity contribution in [3.8, 4) is 0 Å². The molecule has 25 heavy (non-hydrogen) atoms. The third kappa shape index (κ3) is 4.96. The van der Waals surface area contributed by atoms with E-state index >= 15 is 0 Å². The molecule has 0 bridgehead atoms. The number of morpholine rings is 1. The molecule has 1 aromatic heterocycles. The Morgan fingerprint density at radius 1 is 1.28 bits per heavy atom. The van der Waals surface area contributed by atoms with Crippen molar-refractivity contribution < 1.29 is 13.9 Å². The van der Waals surface area contributed by atoms with Gasteiger partial charge in [-0.3, -0.25) is 4.79 Å². The topological polar surface area (TPSA) is 67.4 Å². The molecule has 1 N–H and O–H groups in total. The van der Waals surface area contributed by atoms with E-state index in [2.05, 4.69) is 15.3 Å². The predicted molar refractivity (Wildman–Crippen MR) is 91.4 cm³/mol. The SMILES string of the molecule is O=C(CCCNc1ncccn1)N1CCOC(c2ccc(F)cc2)C1. The zero-order valence-corrected chi connectivity index (χ0v) is 13.9. The smallest absolute Gasteiger partial charge is 0.222 e. The van der Waals surface area contributed by atoms with E-state index in [0.717, 1.165) is 5.56 Å². The molecule has 2 aromatic rings. The third-order valence-corrected chi connectivity index (χ3v) is 4.08. The third-order valence-electron chi connectivity index (χ3n) is 4.08. The van der Waals surface area contributed by atoms with Crippen LogP contribution in [-0.2, 0) is 9.53 Å². The fraction of sp³-hybridized carbons (Fsp3) is 0.389. The molecular weight excluding hydrogens is 323 g/mol. The van der Waals surface area contributed by atoms with Gasteiger partial charge in [0.15, 0.2) is 0 Å². The Kier molecular flexibility index (Phi) is 5.90. The predicted octanol–water partition coefficient (Wildman–Crippen LogP) is 2.41. The fourth-order valence-corrected chi connectivity index (χ4v) is 2.74. The number of nitrogens with zero attached hydrogens (tertiary/aromatic N) is 3. The fourth-order valence-electron chi connectivity index (χ4n) is 2.74. The summed E-state index contributed by atoms with van der Waals surface area (Å²) in [6.07, 6.45) is 4.30. The van der Waals surface area contributed by atoms with E-state index in [1.165, 1.54) is 12.1 Å². The minimum absolute atomic E-state index is 0.103. The lowest BCUT2D eigenvalue weighted by Gasteiger charge is -2.33. The summed E-state index contributed by atoms with van der Waals surface area (Å²) in [5.74, 6) is 0.395. The van der Waals surface area contributed by atoms with Gasteiger partial charge in [0, 0.05) is 31.9 Å². The average molecular weight is 344 g/mol. The summed E-state index contributed by atoms with van der Waals surface area (Å²) >= 11 is 0. The number of hydrogen-bond acceptors (Lipinski definition) is 5. The van der Waals surface area contributed by atoms with Crippen molar-refractivity contribution in [3.05, 3.63) is 54.1 Å². The number of nitrogens with one attached hydrogen (secondary N) is 1. The van der Waals surface area contributed by atoms with E-state index < -0.39 is 0 Å². The lowest BCUT2D eigenvalue weighted by Crippen LogP contribution is -2.42.